The van der Waals surface area contributed by atoms with Crippen molar-refractivity contribution in [2.45, 2.75) is 19.4 Å². The molecule has 1 aromatic carbocycles. The van der Waals surface area contributed by atoms with E-state index in [1.54, 1.807) is 14.2 Å². The molecule has 0 aliphatic rings. The minimum atomic E-state index is -0.143. The molecule has 2 rings (SSSR count). The van der Waals surface area contributed by atoms with Gasteiger partial charge in [0.05, 0.1) is 30.1 Å². The molecule has 0 bridgehead atoms. The molecule has 114 valence electrons. The number of aryl methyl sites for hydroxylation is 2. The largest absolute Gasteiger partial charge is 0.493 e. The van der Waals surface area contributed by atoms with E-state index in [1.807, 2.05) is 36.9 Å². The van der Waals surface area contributed by atoms with Crippen LogP contribution in [0.3, 0.4) is 0 Å². The van der Waals surface area contributed by atoms with Crippen molar-refractivity contribution in [2.75, 3.05) is 14.2 Å². The van der Waals surface area contributed by atoms with Gasteiger partial charge in [-0.1, -0.05) is 6.07 Å². The summed E-state index contributed by atoms with van der Waals surface area (Å²) in [5, 5.41) is 4.39. The first-order valence-corrected chi connectivity index (χ1v) is 7.42. The Morgan fingerprint density at radius 1 is 1.29 bits per heavy atom. The molecular formula is C15H20BrN3O2. The first-order chi connectivity index (χ1) is 9.97. The molecule has 0 aliphatic carbocycles. The zero-order valence-corrected chi connectivity index (χ0v) is 14.3. The quantitative estimate of drug-likeness (QED) is 0.897. The van der Waals surface area contributed by atoms with Gasteiger partial charge in [-0.3, -0.25) is 4.68 Å². The van der Waals surface area contributed by atoms with E-state index < -0.39 is 0 Å². The van der Waals surface area contributed by atoms with Gasteiger partial charge in [-0.15, -0.1) is 0 Å². The molecule has 0 spiro atoms. The average molecular weight is 354 g/mol. The van der Waals surface area contributed by atoms with E-state index >= 15 is 0 Å². The summed E-state index contributed by atoms with van der Waals surface area (Å²) in [7, 11) is 5.16. The second kappa shape index (κ2) is 6.49. The Balaban J connectivity index is 2.26. The van der Waals surface area contributed by atoms with Crippen molar-refractivity contribution in [3.8, 4) is 11.5 Å². The van der Waals surface area contributed by atoms with Crippen molar-refractivity contribution in [3.63, 3.8) is 0 Å². The maximum Gasteiger partial charge on any atom is 0.161 e. The van der Waals surface area contributed by atoms with Gasteiger partial charge >= 0.3 is 0 Å². The number of nitrogens with two attached hydrogens (primary N) is 1. The van der Waals surface area contributed by atoms with E-state index in [2.05, 4.69) is 21.0 Å². The van der Waals surface area contributed by atoms with Crippen LogP contribution in [0, 0.1) is 6.92 Å². The second-order valence-electron chi connectivity index (χ2n) is 4.89. The normalized spacial score (nSPS) is 12.3. The first kappa shape index (κ1) is 15.9. The van der Waals surface area contributed by atoms with Crippen LogP contribution in [-0.4, -0.2) is 24.0 Å². The molecule has 0 fully saturated rings. The van der Waals surface area contributed by atoms with Crippen molar-refractivity contribution >= 4 is 15.9 Å². The van der Waals surface area contributed by atoms with Gasteiger partial charge in [0.1, 0.15) is 0 Å². The molecular weight excluding hydrogens is 334 g/mol. The summed E-state index contributed by atoms with van der Waals surface area (Å²) < 4.78 is 13.4. The van der Waals surface area contributed by atoms with Gasteiger partial charge in [0.15, 0.2) is 11.5 Å². The van der Waals surface area contributed by atoms with E-state index in [4.69, 9.17) is 15.2 Å². The summed E-state index contributed by atoms with van der Waals surface area (Å²) in [5.74, 6) is 1.39. The number of methoxy groups -OCH3 is 2. The van der Waals surface area contributed by atoms with Crippen LogP contribution in [0.25, 0.3) is 0 Å². The Labute approximate surface area is 133 Å². The van der Waals surface area contributed by atoms with Gasteiger partial charge in [-0.25, -0.2) is 0 Å². The number of halogens is 1. The Kier molecular flexibility index (Phi) is 4.90. The predicted octanol–water partition coefficient (Wildman–Crippen LogP) is 2.75. The molecule has 0 aliphatic heterocycles. The van der Waals surface area contributed by atoms with Crippen molar-refractivity contribution in [3.05, 3.63) is 39.6 Å². The monoisotopic (exact) mass is 353 g/mol. The molecule has 2 N–H and O–H groups in total. The molecule has 1 aromatic heterocycles. The van der Waals surface area contributed by atoms with Gasteiger partial charge in [0, 0.05) is 19.5 Å². The van der Waals surface area contributed by atoms with Crippen LogP contribution in [0.2, 0.25) is 0 Å². The van der Waals surface area contributed by atoms with Crippen LogP contribution in [0.5, 0.6) is 11.5 Å². The van der Waals surface area contributed by atoms with Crippen molar-refractivity contribution < 1.29 is 9.47 Å². The minimum Gasteiger partial charge on any atom is -0.493 e. The fourth-order valence-electron chi connectivity index (χ4n) is 2.31. The van der Waals surface area contributed by atoms with Gasteiger partial charge < -0.3 is 15.2 Å². The second-order valence-corrected chi connectivity index (χ2v) is 5.69. The fourth-order valence-corrected chi connectivity index (χ4v) is 2.81. The molecule has 5 nitrogen and oxygen atoms in total. The van der Waals surface area contributed by atoms with Crippen molar-refractivity contribution in [1.29, 1.82) is 0 Å². The summed E-state index contributed by atoms with van der Waals surface area (Å²) in [6.07, 6.45) is 0.688. The van der Waals surface area contributed by atoms with E-state index in [-0.39, 0.29) is 6.04 Å². The summed E-state index contributed by atoms with van der Waals surface area (Å²) in [4.78, 5) is 0. The Morgan fingerprint density at radius 2 is 1.95 bits per heavy atom. The van der Waals surface area contributed by atoms with Crippen molar-refractivity contribution in [1.82, 2.24) is 9.78 Å². The van der Waals surface area contributed by atoms with Crippen molar-refractivity contribution in [2.24, 2.45) is 12.8 Å². The lowest BCUT2D eigenvalue weighted by Crippen LogP contribution is -2.16. The highest BCUT2D eigenvalue weighted by Crippen LogP contribution is 2.31. The maximum absolute atomic E-state index is 6.33. The third kappa shape index (κ3) is 3.22. The minimum absolute atomic E-state index is 0.143. The summed E-state index contributed by atoms with van der Waals surface area (Å²) in [5.41, 5.74) is 9.37. The molecule has 0 radical (unpaired) electrons. The van der Waals surface area contributed by atoms with E-state index in [9.17, 15) is 0 Å². The Bertz CT molecular complexity index is 640. The summed E-state index contributed by atoms with van der Waals surface area (Å²) in [6.45, 7) is 1.97. The molecule has 0 amide bonds. The van der Waals surface area contributed by atoms with Gasteiger partial charge in [-0.05, 0) is 40.5 Å². The number of rotatable bonds is 5. The molecule has 1 atom stereocenters. The molecule has 0 saturated heterocycles. The first-order valence-electron chi connectivity index (χ1n) is 6.63. The van der Waals surface area contributed by atoms with Crippen LogP contribution < -0.4 is 15.2 Å². The number of aromatic nitrogens is 2. The third-order valence-electron chi connectivity index (χ3n) is 3.51. The van der Waals surface area contributed by atoms with Crippen LogP contribution in [0.15, 0.2) is 22.7 Å². The third-order valence-corrected chi connectivity index (χ3v) is 4.54. The van der Waals surface area contributed by atoms with E-state index in [0.717, 1.165) is 21.4 Å². The summed E-state index contributed by atoms with van der Waals surface area (Å²) in [6, 6.07) is 5.61. The smallest absolute Gasteiger partial charge is 0.161 e. The Morgan fingerprint density at radius 3 is 2.48 bits per heavy atom. The number of benzene rings is 1. The number of hydrogen-bond donors (Lipinski definition) is 1. The molecule has 2 aromatic rings. The number of nitrogens with zero attached hydrogens (tertiary/aromatic N) is 2. The van der Waals surface area contributed by atoms with Gasteiger partial charge in [-0.2, -0.15) is 5.10 Å². The number of hydrogen-bond acceptors (Lipinski definition) is 4. The number of ether oxygens (including phenoxy) is 2. The predicted molar refractivity (Wildman–Crippen MR) is 85.8 cm³/mol. The molecule has 0 saturated carbocycles. The standard InChI is InChI=1S/C15H20BrN3O2/c1-9-15(16)12(19(2)18-9)8-11(17)10-5-6-13(20-3)14(7-10)21-4/h5-7,11H,8,17H2,1-4H3. The lowest BCUT2D eigenvalue weighted by atomic mass is 10.0. The van der Waals surface area contributed by atoms with Gasteiger partial charge in [0.25, 0.3) is 0 Å². The van der Waals surface area contributed by atoms with E-state index in [0.29, 0.717) is 17.9 Å². The zero-order chi connectivity index (χ0) is 15.6. The highest BCUT2D eigenvalue weighted by molar-refractivity contribution is 9.10. The SMILES string of the molecule is COc1ccc(C(N)Cc2c(Br)c(C)nn2C)cc1OC. The molecule has 6 heteroatoms. The highest BCUT2D eigenvalue weighted by Gasteiger charge is 2.17. The maximum atomic E-state index is 6.33. The van der Waals surface area contributed by atoms with Crippen LogP contribution in [0.1, 0.15) is 23.0 Å². The Hall–Kier alpha value is -1.53. The van der Waals surface area contributed by atoms with Crippen LogP contribution >= 0.6 is 15.9 Å². The topological polar surface area (TPSA) is 62.3 Å². The molecule has 21 heavy (non-hydrogen) atoms. The van der Waals surface area contributed by atoms with Crippen LogP contribution in [0.4, 0.5) is 0 Å². The lowest BCUT2D eigenvalue weighted by Gasteiger charge is -2.15. The molecule has 1 unspecified atom stereocenters. The molecule has 1 heterocycles. The highest BCUT2D eigenvalue weighted by atomic mass is 79.9. The van der Waals surface area contributed by atoms with Gasteiger partial charge in [0.2, 0.25) is 0 Å². The summed E-state index contributed by atoms with van der Waals surface area (Å²) >= 11 is 3.57. The van der Waals surface area contributed by atoms with E-state index in [1.165, 1.54) is 0 Å². The average Bonchev–Trinajstić information content (AvgIpc) is 2.72. The zero-order valence-electron chi connectivity index (χ0n) is 12.7. The van der Waals surface area contributed by atoms with Crippen LogP contribution in [-0.2, 0) is 13.5 Å². The lowest BCUT2D eigenvalue weighted by molar-refractivity contribution is 0.354. The fraction of sp³-hybridized carbons (Fsp3) is 0.400.